The highest BCUT2D eigenvalue weighted by Crippen LogP contribution is 1.88. The molecule has 0 atom stereocenters. The molecule has 0 aromatic heterocycles. The maximum absolute atomic E-state index is 8.21. The molecule has 3 nitrogen and oxygen atoms in total. The van der Waals surface area contributed by atoms with E-state index in [1.165, 1.54) is 0 Å². The molecule has 1 aliphatic rings. The number of hydrogen-bond donors (Lipinski definition) is 1. The smallest absolute Gasteiger partial charge is 0.0876 e. The maximum atomic E-state index is 8.21. The molecule has 0 aromatic rings. The van der Waals surface area contributed by atoms with E-state index in [2.05, 4.69) is 16.3 Å². The predicted molar refractivity (Wildman–Crippen MR) is 30.1 cm³/mol. The van der Waals surface area contributed by atoms with Crippen LogP contribution in [0.15, 0.2) is 0 Å². The number of nitrogens with one attached hydrogen (secondary N) is 1. The molecule has 0 radical (unpaired) electrons. The minimum Gasteiger partial charge on any atom is -0.303 e. The molecule has 1 heterocycles. The van der Waals surface area contributed by atoms with E-state index in [4.69, 9.17) is 5.26 Å². The van der Waals surface area contributed by atoms with Crippen molar-refractivity contribution in [3.63, 3.8) is 0 Å². The van der Waals surface area contributed by atoms with E-state index in [9.17, 15) is 0 Å². The van der Waals surface area contributed by atoms with Crippen LogP contribution in [0, 0.1) is 11.3 Å². The lowest BCUT2D eigenvalue weighted by Crippen LogP contribution is -2.21. The molecule has 1 aliphatic heterocycles. The third kappa shape index (κ3) is 1.19. The van der Waals surface area contributed by atoms with Gasteiger partial charge in [0.2, 0.25) is 0 Å². The molecule has 1 fully saturated rings. The summed E-state index contributed by atoms with van der Waals surface area (Å²) >= 11 is 0. The zero-order valence-corrected chi connectivity index (χ0v) is 4.72. The summed E-state index contributed by atoms with van der Waals surface area (Å²) in [6, 6.07) is 2.10. The SMILES string of the molecule is N#CCN1CCNC1. The fourth-order valence-corrected chi connectivity index (χ4v) is 0.788. The van der Waals surface area contributed by atoms with E-state index in [1.54, 1.807) is 0 Å². The first-order valence-electron chi connectivity index (χ1n) is 2.73. The van der Waals surface area contributed by atoms with E-state index >= 15 is 0 Å². The van der Waals surface area contributed by atoms with Gasteiger partial charge in [0.1, 0.15) is 0 Å². The van der Waals surface area contributed by atoms with Gasteiger partial charge in [-0.3, -0.25) is 4.90 Å². The third-order valence-corrected chi connectivity index (χ3v) is 1.23. The average molecular weight is 111 g/mol. The van der Waals surface area contributed by atoms with Gasteiger partial charge in [0, 0.05) is 19.8 Å². The second kappa shape index (κ2) is 2.65. The summed E-state index contributed by atoms with van der Waals surface area (Å²) in [7, 11) is 0. The fraction of sp³-hybridized carbons (Fsp3) is 0.800. The van der Waals surface area contributed by atoms with Gasteiger partial charge < -0.3 is 5.32 Å². The van der Waals surface area contributed by atoms with Crippen LogP contribution in [0.5, 0.6) is 0 Å². The van der Waals surface area contributed by atoms with Crippen molar-refractivity contribution in [2.45, 2.75) is 0 Å². The Labute approximate surface area is 48.9 Å². The van der Waals surface area contributed by atoms with Crippen molar-refractivity contribution < 1.29 is 0 Å². The fourth-order valence-electron chi connectivity index (χ4n) is 0.788. The number of rotatable bonds is 1. The number of nitrogens with zero attached hydrogens (tertiary/aromatic N) is 2. The van der Waals surface area contributed by atoms with Crippen LogP contribution in [0.2, 0.25) is 0 Å². The molecular formula is C5H9N3. The average Bonchev–Trinajstić information content (AvgIpc) is 2.19. The van der Waals surface area contributed by atoms with Crippen LogP contribution >= 0.6 is 0 Å². The van der Waals surface area contributed by atoms with Gasteiger partial charge in [-0.25, -0.2) is 0 Å². The van der Waals surface area contributed by atoms with Crippen molar-refractivity contribution in [1.29, 1.82) is 5.26 Å². The van der Waals surface area contributed by atoms with Crippen LogP contribution in [-0.4, -0.2) is 31.2 Å². The first-order valence-corrected chi connectivity index (χ1v) is 2.73. The number of nitriles is 1. The summed E-state index contributed by atoms with van der Waals surface area (Å²) in [6.07, 6.45) is 0. The van der Waals surface area contributed by atoms with E-state index < -0.39 is 0 Å². The molecular weight excluding hydrogens is 102 g/mol. The van der Waals surface area contributed by atoms with Gasteiger partial charge in [0.05, 0.1) is 12.6 Å². The lowest BCUT2D eigenvalue weighted by atomic mass is 10.6. The minimum atomic E-state index is 0.562. The zero-order valence-electron chi connectivity index (χ0n) is 4.72. The molecule has 0 bridgehead atoms. The van der Waals surface area contributed by atoms with Gasteiger partial charge in [0.25, 0.3) is 0 Å². The summed E-state index contributed by atoms with van der Waals surface area (Å²) in [5.41, 5.74) is 0. The predicted octanol–water partition coefficient (Wildman–Crippen LogP) is -0.627. The lowest BCUT2D eigenvalue weighted by molar-refractivity contribution is 0.376. The second-order valence-corrected chi connectivity index (χ2v) is 1.87. The molecule has 3 heteroatoms. The van der Waals surface area contributed by atoms with Crippen LogP contribution in [0.4, 0.5) is 0 Å². The van der Waals surface area contributed by atoms with Crippen LogP contribution in [0.1, 0.15) is 0 Å². The Morgan fingerprint density at radius 1 is 1.75 bits per heavy atom. The molecule has 1 N–H and O–H groups in total. The van der Waals surface area contributed by atoms with E-state index in [1.807, 2.05) is 0 Å². The zero-order chi connectivity index (χ0) is 5.82. The Morgan fingerprint density at radius 2 is 2.62 bits per heavy atom. The van der Waals surface area contributed by atoms with Gasteiger partial charge in [-0.15, -0.1) is 0 Å². The van der Waals surface area contributed by atoms with Crippen LogP contribution in [0.25, 0.3) is 0 Å². The lowest BCUT2D eigenvalue weighted by Gasteiger charge is -2.05. The first-order chi connectivity index (χ1) is 3.93. The molecule has 0 saturated carbocycles. The quantitative estimate of drug-likeness (QED) is 0.458. The molecule has 0 amide bonds. The molecule has 8 heavy (non-hydrogen) atoms. The Hall–Kier alpha value is -0.590. The topological polar surface area (TPSA) is 39.1 Å². The Bertz CT molecular complexity index is 98.7. The van der Waals surface area contributed by atoms with Crippen molar-refractivity contribution >= 4 is 0 Å². The Kier molecular flexibility index (Phi) is 1.84. The molecule has 0 spiro atoms. The van der Waals surface area contributed by atoms with E-state index in [0.717, 1.165) is 19.8 Å². The summed E-state index contributed by atoms with van der Waals surface area (Å²) in [5.74, 6) is 0. The second-order valence-electron chi connectivity index (χ2n) is 1.87. The standard InChI is InChI=1S/C5H9N3/c6-1-3-8-4-2-7-5-8/h7H,2-5H2. The summed E-state index contributed by atoms with van der Waals surface area (Å²) in [5, 5.41) is 11.3. The summed E-state index contributed by atoms with van der Waals surface area (Å²) < 4.78 is 0. The maximum Gasteiger partial charge on any atom is 0.0876 e. The van der Waals surface area contributed by atoms with Crippen LogP contribution in [-0.2, 0) is 0 Å². The molecule has 0 aliphatic carbocycles. The first kappa shape index (κ1) is 5.54. The Balaban J connectivity index is 2.17. The van der Waals surface area contributed by atoms with Gasteiger partial charge in [-0.1, -0.05) is 0 Å². The highest BCUT2D eigenvalue weighted by Gasteiger charge is 2.07. The van der Waals surface area contributed by atoms with Crippen LogP contribution < -0.4 is 5.32 Å². The molecule has 44 valence electrons. The van der Waals surface area contributed by atoms with Crippen molar-refractivity contribution in [3.05, 3.63) is 0 Å². The van der Waals surface area contributed by atoms with Gasteiger partial charge >= 0.3 is 0 Å². The third-order valence-electron chi connectivity index (χ3n) is 1.23. The highest BCUT2D eigenvalue weighted by molar-refractivity contribution is 4.78. The summed E-state index contributed by atoms with van der Waals surface area (Å²) in [6.45, 7) is 3.50. The molecule has 1 saturated heterocycles. The largest absolute Gasteiger partial charge is 0.303 e. The van der Waals surface area contributed by atoms with E-state index in [0.29, 0.717) is 6.54 Å². The van der Waals surface area contributed by atoms with Crippen molar-refractivity contribution in [3.8, 4) is 6.07 Å². The van der Waals surface area contributed by atoms with Gasteiger partial charge in [0.15, 0.2) is 0 Å². The molecule has 1 rings (SSSR count). The normalized spacial score (nSPS) is 20.9. The van der Waals surface area contributed by atoms with E-state index in [-0.39, 0.29) is 0 Å². The van der Waals surface area contributed by atoms with Gasteiger partial charge in [-0.2, -0.15) is 5.26 Å². The van der Waals surface area contributed by atoms with Crippen molar-refractivity contribution in [1.82, 2.24) is 10.2 Å². The molecule has 0 aromatic carbocycles. The number of hydrogen-bond acceptors (Lipinski definition) is 3. The minimum absolute atomic E-state index is 0.562. The molecule has 0 unspecified atom stereocenters. The van der Waals surface area contributed by atoms with Crippen molar-refractivity contribution in [2.24, 2.45) is 0 Å². The Morgan fingerprint density at radius 3 is 3.12 bits per heavy atom. The van der Waals surface area contributed by atoms with Crippen molar-refractivity contribution in [2.75, 3.05) is 26.3 Å². The highest BCUT2D eigenvalue weighted by atomic mass is 15.3. The van der Waals surface area contributed by atoms with Gasteiger partial charge in [-0.05, 0) is 0 Å². The summed E-state index contributed by atoms with van der Waals surface area (Å²) in [4.78, 5) is 2.07. The van der Waals surface area contributed by atoms with Crippen LogP contribution in [0.3, 0.4) is 0 Å². The monoisotopic (exact) mass is 111 g/mol.